The van der Waals surface area contributed by atoms with Crippen molar-refractivity contribution >= 4 is 32.4 Å². The first-order valence-corrected chi connectivity index (χ1v) is 11.6. The molecule has 1 fully saturated rings. The van der Waals surface area contributed by atoms with E-state index in [0.717, 1.165) is 0 Å². The molecule has 0 radical (unpaired) electrons. The van der Waals surface area contributed by atoms with Gasteiger partial charge in [-0.05, 0) is 0 Å². The molecule has 23 heavy (non-hydrogen) atoms. The van der Waals surface area contributed by atoms with Gasteiger partial charge in [0.15, 0.2) is 0 Å². The number of hydrogen-bond acceptors (Lipinski definition) is 1. The fraction of sp³-hybridized carbons (Fsp3) is 0.667. The van der Waals surface area contributed by atoms with Gasteiger partial charge in [-0.15, -0.1) is 0 Å². The molecule has 0 unspecified atom stereocenters. The molecule has 0 aromatic heterocycles. The Labute approximate surface area is 150 Å². The SMILES string of the molecule is CC(C)(C)N=[Te]1N(C(C)(C)C)B(c2ccccc2)N1C(C)(C)C. The Morgan fingerprint density at radius 3 is 1.57 bits per heavy atom. The summed E-state index contributed by atoms with van der Waals surface area (Å²) in [5.41, 5.74) is 1.67. The monoisotopic (exact) mass is 431 g/mol. The number of benzene rings is 1. The second kappa shape index (κ2) is 6.26. The minimum absolute atomic E-state index is 0.0193. The molecule has 0 N–H and O–H groups in total. The van der Waals surface area contributed by atoms with E-state index < -0.39 is 19.9 Å². The number of nitrogens with zero attached hydrogens (tertiary/aromatic N) is 3. The van der Waals surface area contributed by atoms with Gasteiger partial charge in [0, 0.05) is 0 Å². The van der Waals surface area contributed by atoms with E-state index in [1.165, 1.54) is 5.46 Å². The summed E-state index contributed by atoms with van der Waals surface area (Å²) in [5.74, 6) is 0. The molecule has 0 saturated carbocycles. The van der Waals surface area contributed by atoms with E-state index in [1.807, 2.05) is 0 Å². The topological polar surface area (TPSA) is 18.8 Å². The van der Waals surface area contributed by atoms with Gasteiger partial charge in [-0.25, -0.2) is 0 Å². The first-order valence-electron chi connectivity index (χ1n) is 8.43. The molecule has 1 aliphatic rings. The molecule has 0 aliphatic carbocycles. The third-order valence-corrected chi connectivity index (χ3v) is 11.9. The summed E-state index contributed by atoms with van der Waals surface area (Å²) in [6.07, 6.45) is 0. The standard InChI is InChI=1S/C18H32BN3Te/c1-16(2,3)20-23-21(17(4,5)6)19(22(23)18(7,8)9)15-13-11-10-12-14-15/h10-14H,1-9H3. The Morgan fingerprint density at radius 1 is 0.783 bits per heavy atom. The fourth-order valence-corrected chi connectivity index (χ4v) is 9.87. The second-order valence-electron chi connectivity index (χ2n) is 9.28. The fourth-order valence-electron chi connectivity index (χ4n) is 2.78. The van der Waals surface area contributed by atoms with Crippen molar-refractivity contribution in [2.75, 3.05) is 0 Å². The second-order valence-corrected chi connectivity index (χ2v) is 13.4. The van der Waals surface area contributed by atoms with Crippen molar-refractivity contribution in [1.29, 1.82) is 0 Å². The predicted molar refractivity (Wildman–Crippen MR) is 103 cm³/mol. The van der Waals surface area contributed by atoms with Crippen molar-refractivity contribution in [3.8, 4) is 0 Å². The molecule has 1 aromatic rings. The Morgan fingerprint density at radius 2 is 1.22 bits per heavy atom. The molecule has 1 aliphatic heterocycles. The first kappa shape index (κ1) is 19.1. The molecule has 0 atom stereocenters. The molecule has 128 valence electrons. The van der Waals surface area contributed by atoms with E-state index in [9.17, 15) is 0 Å². The Hall–Kier alpha value is -0.205. The third kappa shape index (κ3) is 4.26. The van der Waals surface area contributed by atoms with Crippen molar-refractivity contribution in [2.24, 2.45) is 3.18 Å². The molecule has 0 bridgehead atoms. The molecule has 5 heteroatoms. The van der Waals surface area contributed by atoms with Crippen LogP contribution in [0.15, 0.2) is 33.5 Å². The van der Waals surface area contributed by atoms with E-state index >= 15 is 0 Å². The first-order chi connectivity index (χ1) is 10.3. The van der Waals surface area contributed by atoms with Gasteiger partial charge in [0.25, 0.3) is 0 Å². The van der Waals surface area contributed by atoms with Gasteiger partial charge < -0.3 is 0 Å². The Bertz CT molecular complexity index is 555. The molecule has 1 aromatic carbocycles. The molecule has 1 saturated heterocycles. The van der Waals surface area contributed by atoms with Gasteiger partial charge in [-0.3, -0.25) is 0 Å². The van der Waals surface area contributed by atoms with Crippen LogP contribution in [0.1, 0.15) is 62.3 Å². The third-order valence-electron chi connectivity index (χ3n) is 3.57. The summed E-state index contributed by atoms with van der Waals surface area (Å²) < 4.78 is 10.7. The van der Waals surface area contributed by atoms with Crippen LogP contribution in [-0.4, -0.2) is 49.6 Å². The molecule has 3 nitrogen and oxygen atoms in total. The Kier molecular flexibility index (Phi) is 5.21. The summed E-state index contributed by atoms with van der Waals surface area (Å²) in [4.78, 5) is 0. The average Bonchev–Trinajstić information content (AvgIpc) is 2.30. The van der Waals surface area contributed by atoms with Crippen LogP contribution in [0.2, 0.25) is 0 Å². The zero-order valence-electron chi connectivity index (χ0n) is 16.2. The predicted octanol–water partition coefficient (Wildman–Crippen LogP) is 3.65. The summed E-state index contributed by atoms with van der Waals surface area (Å²) in [5, 5.41) is 0. The van der Waals surface area contributed by atoms with Crippen LogP contribution in [-0.2, 0) is 0 Å². The summed E-state index contributed by atoms with van der Waals surface area (Å²) >= 11 is -1.91. The Balaban J connectivity index is 2.57. The van der Waals surface area contributed by atoms with Gasteiger partial charge in [0.2, 0.25) is 0 Å². The van der Waals surface area contributed by atoms with Crippen LogP contribution in [0.25, 0.3) is 0 Å². The molecule has 1 heterocycles. The minimum atomic E-state index is -1.91. The molecular weight excluding hydrogens is 397 g/mol. The van der Waals surface area contributed by atoms with Crippen molar-refractivity contribution in [2.45, 2.75) is 78.9 Å². The van der Waals surface area contributed by atoms with Gasteiger partial charge in [-0.2, -0.15) is 0 Å². The van der Waals surface area contributed by atoms with E-state index in [2.05, 4.69) is 98.8 Å². The number of rotatable bonds is 1. The zero-order valence-corrected chi connectivity index (χ0v) is 18.5. The van der Waals surface area contributed by atoms with Gasteiger partial charge in [0.05, 0.1) is 0 Å². The van der Waals surface area contributed by atoms with Crippen molar-refractivity contribution in [3.05, 3.63) is 30.3 Å². The quantitative estimate of drug-likeness (QED) is 0.636. The van der Waals surface area contributed by atoms with E-state index in [1.54, 1.807) is 0 Å². The summed E-state index contributed by atoms with van der Waals surface area (Å²) in [7, 11) is 0. The normalized spacial score (nSPS) is 18.9. The van der Waals surface area contributed by atoms with Crippen molar-refractivity contribution < 1.29 is 0 Å². The molecule has 0 spiro atoms. The summed E-state index contributed by atoms with van der Waals surface area (Å²) in [6.45, 7) is 21.0. The van der Waals surface area contributed by atoms with Crippen LogP contribution >= 0.6 is 0 Å². The average molecular weight is 429 g/mol. The molecular formula is C18H32BN3Te. The van der Waals surface area contributed by atoms with Crippen LogP contribution in [0.5, 0.6) is 0 Å². The van der Waals surface area contributed by atoms with Gasteiger partial charge >= 0.3 is 151 Å². The van der Waals surface area contributed by atoms with E-state index in [0.29, 0.717) is 6.98 Å². The van der Waals surface area contributed by atoms with Crippen LogP contribution < -0.4 is 5.46 Å². The maximum atomic E-state index is 5.31. The number of hydrogen-bond donors (Lipinski definition) is 0. The van der Waals surface area contributed by atoms with Crippen molar-refractivity contribution in [1.82, 2.24) is 6.12 Å². The summed E-state index contributed by atoms with van der Waals surface area (Å²) in [6, 6.07) is 10.9. The van der Waals surface area contributed by atoms with E-state index in [4.69, 9.17) is 3.18 Å². The van der Waals surface area contributed by atoms with E-state index in [-0.39, 0.29) is 16.6 Å². The molecule has 2 rings (SSSR count). The van der Waals surface area contributed by atoms with Crippen LogP contribution in [0.3, 0.4) is 0 Å². The van der Waals surface area contributed by atoms with Crippen LogP contribution in [0.4, 0.5) is 0 Å². The molecule has 0 amide bonds. The van der Waals surface area contributed by atoms with Crippen molar-refractivity contribution in [3.63, 3.8) is 0 Å². The van der Waals surface area contributed by atoms with Gasteiger partial charge in [-0.1, -0.05) is 0 Å². The maximum absolute atomic E-state index is 5.31. The zero-order chi connectivity index (χ0) is 17.6. The van der Waals surface area contributed by atoms with Gasteiger partial charge in [0.1, 0.15) is 0 Å². The van der Waals surface area contributed by atoms with Crippen LogP contribution in [0, 0.1) is 0 Å².